The van der Waals surface area contributed by atoms with Gasteiger partial charge in [-0.2, -0.15) is 5.10 Å². The van der Waals surface area contributed by atoms with Crippen LogP contribution in [0.4, 0.5) is 0 Å². The average molecular weight is 233 g/mol. The Labute approximate surface area is 99.7 Å². The number of aliphatic hydroxyl groups is 1. The molecular formula is C12H15N3O2. The Morgan fingerprint density at radius 1 is 1.35 bits per heavy atom. The van der Waals surface area contributed by atoms with Crippen LogP contribution in [-0.2, 0) is 6.54 Å². The number of rotatable bonds is 4. The summed E-state index contributed by atoms with van der Waals surface area (Å²) >= 11 is 0. The summed E-state index contributed by atoms with van der Waals surface area (Å²) in [5.74, 6) is 1.31. The van der Waals surface area contributed by atoms with Crippen molar-refractivity contribution in [3.05, 3.63) is 36.4 Å². The predicted octanol–water partition coefficient (Wildman–Crippen LogP) is 2.14. The molecule has 0 saturated carbocycles. The Bertz CT molecular complexity index is 477. The first-order valence-corrected chi connectivity index (χ1v) is 5.53. The molecule has 0 aliphatic rings. The number of hydrogen-bond donors (Lipinski definition) is 1. The van der Waals surface area contributed by atoms with Crippen molar-refractivity contribution in [2.45, 2.75) is 26.5 Å². The molecule has 0 amide bonds. The first-order chi connectivity index (χ1) is 8.19. The second-order valence-electron chi connectivity index (χ2n) is 3.73. The number of aromatic nitrogens is 3. The molecule has 1 atom stereocenters. The topological polar surface area (TPSA) is 60.2 Å². The van der Waals surface area contributed by atoms with Crippen LogP contribution in [0.5, 0.6) is 11.5 Å². The zero-order valence-corrected chi connectivity index (χ0v) is 9.87. The SMILES string of the molecule is CCn1cc(Oc2ccc(C(C)O)nc2)cn1. The minimum absolute atomic E-state index is 0.563. The molecule has 2 rings (SSSR count). The molecule has 2 heterocycles. The molecular weight excluding hydrogens is 218 g/mol. The van der Waals surface area contributed by atoms with Crippen LogP contribution in [-0.4, -0.2) is 19.9 Å². The predicted molar refractivity (Wildman–Crippen MR) is 62.8 cm³/mol. The lowest BCUT2D eigenvalue weighted by molar-refractivity contribution is 0.194. The number of nitrogens with zero attached hydrogens (tertiary/aromatic N) is 3. The van der Waals surface area contributed by atoms with Crippen LogP contribution in [0.15, 0.2) is 30.7 Å². The molecule has 5 nitrogen and oxygen atoms in total. The largest absolute Gasteiger partial charge is 0.452 e. The molecule has 0 spiro atoms. The third-order valence-electron chi connectivity index (χ3n) is 2.36. The van der Waals surface area contributed by atoms with Crippen molar-refractivity contribution in [2.75, 3.05) is 0 Å². The van der Waals surface area contributed by atoms with Crippen molar-refractivity contribution in [1.82, 2.24) is 14.8 Å². The van der Waals surface area contributed by atoms with Gasteiger partial charge in [0.1, 0.15) is 5.75 Å². The molecule has 17 heavy (non-hydrogen) atoms. The second kappa shape index (κ2) is 4.97. The van der Waals surface area contributed by atoms with E-state index in [1.165, 1.54) is 0 Å². The molecule has 1 unspecified atom stereocenters. The molecule has 0 bridgehead atoms. The fraction of sp³-hybridized carbons (Fsp3) is 0.333. The highest BCUT2D eigenvalue weighted by Gasteiger charge is 2.04. The maximum Gasteiger partial charge on any atom is 0.165 e. The van der Waals surface area contributed by atoms with Crippen molar-refractivity contribution >= 4 is 0 Å². The Kier molecular flexibility index (Phi) is 3.39. The van der Waals surface area contributed by atoms with Crippen LogP contribution in [0.2, 0.25) is 0 Å². The van der Waals surface area contributed by atoms with Crippen molar-refractivity contribution < 1.29 is 9.84 Å². The summed E-state index contributed by atoms with van der Waals surface area (Å²) in [6.45, 7) is 4.49. The Morgan fingerprint density at radius 3 is 2.71 bits per heavy atom. The van der Waals surface area contributed by atoms with Gasteiger partial charge in [0, 0.05) is 6.54 Å². The molecule has 2 aromatic heterocycles. The van der Waals surface area contributed by atoms with E-state index >= 15 is 0 Å². The first kappa shape index (κ1) is 11.6. The van der Waals surface area contributed by atoms with E-state index in [1.807, 2.05) is 13.1 Å². The van der Waals surface area contributed by atoms with Crippen LogP contribution in [0.1, 0.15) is 25.6 Å². The normalized spacial score (nSPS) is 12.4. The molecule has 0 aliphatic carbocycles. The van der Waals surface area contributed by atoms with Gasteiger partial charge in [-0.25, -0.2) is 0 Å². The van der Waals surface area contributed by atoms with Crippen molar-refractivity contribution in [2.24, 2.45) is 0 Å². The highest BCUT2D eigenvalue weighted by atomic mass is 16.5. The van der Waals surface area contributed by atoms with Gasteiger partial charge in [0.15, 0.2) is 5.75 Å². The van der Waals surface area contributed by atoms with Gasteiger partial charge in [-0.1, -0.05) is 0 Å². The summed E-state index contributed by atoms with van der Waals surface area (Å²) in [6, 6.07) is 3.52. The fourth-order valence-corrected chi connectivity index (χ4v) is 1.41. The maximum absolute atomic E-state index is 9.32. The summed E-state index contributed by atoms with van der Waals surface area (Å²) in [5.41, 5.74) is 0.626. The molecule has 90 valence electrons. The molecule has 2 aromatic rings. The minimum atomic E-state index is -0.563. The molecule has 0 saturated heterocycles. The van der Waals surface area contributed by atoms with Gasteiger partial charge in [-0.05, 0) is 26.0 Å². The lowest BCUT2D eigenvalue weighted by Gasteiger charge is -2.05. The Balaban J connectivity index is 2.08. The van der Waals surface area contributed by atoms with Crippen molar-refractivity contribution in [3.63, 3.8) is 0 Å². The standard InChI is InChI=1S/C12H15N3O2/c1-3-15-8-11(7-14-15)17-10-4-5-12(9(2)16)13-6-10/h4-9,16H,3H2,1-2H3. The van der Waals surface area contributed by atoms with E-state index in [1.54, 1.807) is 36.1 Å². The second-order valence-corrected chi connectivity index (χ2v) is 3.73. The number of ether oxygens (including phenoxy) is 1. The lowest BCUT2D eigenvalue weighted by Crippen LogP contribution is -1.95. The van der Waals surface area contributed by atoms with E-state index in [0.717, 1.165) is 6.54 Å². The quantitative estimate of drug-likeness (QED) is 0.878. The Morgan fingerprint density at radius 2 is 2.18 bits per heavy atom. The third kappa shape index (κ3) is 2.82. The number of hydrogen-bond acceptors (Lipinski definition) is 4. The third-order valence-corrected chi connectivity index (χ3v) is 2.36. The first-order valence-electron chi connectivity index (χ1n) is 5.53. The van der Waals surface area contributed by atoms with Crippen LogP contribution in [0.3, 0.4) is 0 Å². The smallest absolute Gasteiger partial charge is 0.165 e. The summed E-state index contributed by atoms with van der Waals surface area (Å²) < 4.78 is 7.35. The molecule has 0 radical (unpaired) electrons. The van der Waals surface area contributed by atoms with Crippen LogP contribution < -0.4 is 4.74 Å². The van der Waals surface area contributed by atoms with E-state index in [0.29, 0.717) is 17.2 Å². The lowest BCUT2D eigenvalue weighted by atomic mass is 10.2. The maximum atomic E-state index is 9.32. The number of pyridine rings is 1. The van der Waals surface area contributed by atoms with Crippen molar-refractivity contribution in [3.8, 4) is 11.5 Å². The van der Waals surface area contributed by atoms with Gasteiger partial charge in [0.05, 0.1) is 30.4 Å². The van der Waals surface area contributed by atoms with Crippen molar-refractivity contribution in [1.29, 1.82) is 0 Å². The molecule has 0 aromatic carbocycles. The zero-order valence-electron chi connectivity index (χ0n) is 9.87. The Hall–Kier alpha value is -1.88. The van der Waals surface area contributed by atoms with E-state index < -0.39 is 6.10 Å². The van der Waals surface area contributed by atoms with E-state index in [9.17, 15) is 5.11 Å². The van der Waals surface area contributed by atoms with Crippen LogP contribution in [0.25, 0.3) is 0 Å². The number of aliphatic hydroxyl groups excluding tert-OH is 1. The van der Waals surface area contributed by atoms with Gasteiger partial charge in [0.25, 0.3) is 0 Å². The van der Waals surface area contributed by atoms with Crippen LogP contribution in [0, 0.1) is 0 Å². The zero-order chi connectivity index (χ0) is 12.3. The molecule has 1 N–H and O–H groups in total. The van der Waals surface area contributed by atoms with Gasteiger partial charge < -0.3 is 9.84 Å². The van der Waals surface area contributed by atoms with Gasteiger partial charge >= 0.3 is 0 Å². The van der Waals surface area contributed by atoms with Gasteiger partial charge in [0.2, 0.25) is 0 Å². The molecule has 5 heteroatoms. The van der Waals surface area contributed by atoms with E-state index in [4.69, 9.17) is 4.74 Å². The molecule has 0 aliphatic heterocycles. The number of aryl methyl sites for hydroxylation is 1. The van der Waals surface area contributed by atoms with E-state index in [2.05, 4.69) is 10.1 Å². The highest BCUT2D eigenvalue weighted by Crippen LogP contribution is 2.21. The average Bonchev–Trinajstić information content (AvgIpc) is 2.77. The summed E-state index contributed by atoms with van der Waals surface area (Å²) in [5, 5.41) is 13.4. The summed E-state index contributed by atoms with van der Waals surface area (Å²) in [7, 11) is 0. The molecule has 0 fully saturated rings. The minimum Gasteiger partial charge on any atom is -0.452 e. The van der Waals surface area contributed by atoms with Gasteiger partial charge in [-0.3, -0.25) is 9.67 Å². The van der Waals surface area contributed by atoms with E-state index in [-0.39, 0.29) is 0 Å². The monoisotopic (exact) mass is 233 g/mol. The van der Waals surface area contributed by atoms with Crippen LogP contribution >= 0.6 is 0 Å². The highest BCUT2D eigenvalue weighted by molar-refractivity contribution is 5.26. The summed E-state index contributed by atoms with van der Waals surface area (Å²) in [6.07, 6.45) is 4.51. The summed E-state index contributed by atoms with van der Waals surface area (Å²) in [4.78, 5) is 4.10. The van der Waals surface area contributed by atoms with Gasteiger partial charge in [-0.15, -0.1) is 0 Å². The fourth-order valence-electron chi connectivity index (χ4n) is 1.41.